The number of carbonyl (C=O) groups excluding carboxylic acids is 1. The molecule has 0 saturated heterocycles. The summed E-state index contributed by atoms with van der Waals surface area (Å²) in [4.78, 5) is 27.5. The second-order valence-corrected chi connectivity index (χ2v) is 6.41. The Balaban J connectivity index is 1.79. The highest BCUT2D eigenvalue weighted by Crippen LogP contribution is 2.27. The molecule has 10 heteroatoms. The number of benzene rings is 2. The van der Waals surface area contributed by atoms with Gasteiger partial charge in [0.2, 0.25) is 5.89 Å². The first kappa shape index (κ1) is 18.5. The molecule has 1 heterocycles. The van der Waals surface area contributed by atoms with E-state index in [0.717, 1.165) is 18.2 Å². The molecule has 0 aliphatic carbocycles. The van der Waals surface area contributed by atoms with Gasteiger partial charge in [0.1, 0.15) is 5.82 Å². The molecule has 138 valence electrons. The van der Waals surface area contributed by atoms with Crippen LogP contribution in [0.15, 0.2) is 51.9 Å². The lowest BCUT2D eigenvalue weighted by molar-refractivity contribution is -0.384. The van der Waals surface area contributed by atoms with Crippen molar-refractivity contribution in [2.45, 2.75) is 17.6 Å². The molecule has 0 saturated carbocycles. The van der Waals surface area contributed by atoms with Crippen LogP contribution >= 0.6 is 11.8 Å². The predicted octanol–water partition coefficient (Wildman–Crippen LogP) is 3.97. The summed E-state index contributed by atoms with van der Waals surface area (Å²) in [7, 11) is 0. The molecule has 0 unspecified atom stereocenters. The van der Waals surface area contributed by atoms with Crippen LogP contribution in [-0.4, -0.2) is 21.0 Å². The van der Waals surface area contributed by atoms with Gasteiger partial charge in [0.25, 0.3) is 11.6 Å². The van der Waals surface area contributed by atoms with Gasteiger partial charge in [-0.2, -0.15) is 4.98 Å². The lowest BCUT2D eigenvalue weighted by Gasteiger charge is -2.10. The fourth-order valence-electron chi connectivity index (χ4n) is 2.23. The number of hydrogen-bond donors (Lipinski definition) is 1. The first-order chi connectivity index (χ1) is 12.9. The average Bonchev–Trinajstić information content (AvgIpc) is 3.07. The average molecular weight is 388 g/mol. The van der Waals surface area contributed by atoms with E-state index in [1.165, 1.54) is 11.8 Å². The van der Waals surface area contributed by atoms with Crippen molar-refractivity contribution in [3.8, 4) is 0 Å². The second kappa shape index (κ2) is 7.96. The molecule has 27 heavy (non-hydrogen) atoms. The molecule has 0 atom stereocenters. The number of aryl methyl sites for hydroxylation is 1. The van der Waals surface area contributed by atoms with Crippen molar-refractivity contribution in [2.24, 2.45) is 0 Å². The Morgan fingerprint density at radius 1 is 1.33 bits per heavy atom. The lowest BCUT2D eigenvalue weighted by Crippen LogP contribution is -2.14. The number of halogens is 1. The number of aromatic nitrogens is 2. The Bertz CT molecular complexity index is 1010. The van der Waals surface area contributed by atoms with Crippen LogP contribution in [0.3, 0.4) is 0 Å². The number of nitro groups is 1. The number of nitrogens with one attached hydrogen (secondary N) is 1. The molecule has 1 aromatic heterocycles. The second-order valence-electron chi connectivity index (χ2n) is 5.40. The van der Waals surface area contributed by atoms with Gasteiger partial charge in [-0.05, 0) is 25.1 Å². The predicted molar refractivity (Wildman–Crippen MR) is 96.0 cm³/mol. The lowest BCUT2D eigenvalue weighted by atomic mass is 10.2. The van der Waals surface area contributed by atoms with Crippen molar-refractivity contribution in [1.29, 1.82) is 0 Å². The Morgan fingerprint density at radius 3 is 2.81 bits per heavy atom. The summed E-state index contributed by atoms with van der Waals surface area (Å²) in [5.41, 5.74) is -0.285. The first-order valence-electron chi connectivity index (χ1n) is 7.70. The Labute approximate surface area is 156 Å². The third kappa shape index (κ3) is 4.47. The monoisotopic (exact) mass is 388 g/mol. The van der Waals surface area contributed by atoms with Gasteiger partial charge < -0.3 is 9.84 Å². The normalized spacial score (nSPS) is 10.6. The van der Waals surface area contributed by atoms with Crippen molar-refractivity contribution >= 4 is 29.0 Å². The molecule has 0 bridgehead atoms. The zero-order chi connectivity index (χ0) is 19.4. The van der Waals surface area contributed by atoms with Crippen LogP contribution in [0, 0.1) is 22.9 Å². The summed E-state index contributed by atoms with van der Waals surface area (Å²) >= 11 is 1.31. The number of nitrogens with zero attached hydrogens (tertiary/aromatic N) is 3. The summed E-state index contributed by atoms with van der Waals surface area (Å²) in [5, 5.41) is 16.9. The third-order valence-corrected chi connectivity index (χ3v) is 4.52. The van der Waals surface area contributed by atoms with Gasteiger partial charge >= 0.3 is 0 Å². The standard InChI is InChI=1S/C17H13FN4O4S/c1-10-19-16(26-21-10)9-27-15-5-3-2-4-12(15)17(23)20-14-8-11(22(24)25)6-7-13(14)18/h2-8H,9H2,1H3,(H,20,23). The van der Waals surface area contributed by atoms with E-state index in [-0.39, 0.29) is 11.4 Å². The number of thioether (sulfide) groups is 1. The molecule has 0 spiro atoms. The van der Waals surface area contributed by atoms with Crippen LogP contribution in [0.4, 0.5) is 15.8 Å². The maximum absolute atomic E-state index is 13.9. The van der Waals surface area contributed by atoms with Gasteiger partial charge in [-0.1, -0.05) is 17.3 Å². The van der Waals surface area contributed by atoms with Gasteiger partial charge in [0.05, 0.1) is 21.9 Å². The van der Waals surface area contributed by atoms with Crippen molar-refractivity contribution in [1.82, 2.24) is 10.1 Å². The molecule has 0 aliphatic rings. The van der Waals surface area contributed by atoms with E-state index in [1.807, 2.05) is 0 Å². The van der Waals surface area contributed by atoms with Crippen LogP contribution < -0.4 is 5.32 Å². The highest BCUT2D eigenvalue weighted by molar-refractivity contribution is 7.98. The number of rotatable bonds is 6. The van der Waals surface area contributed by atoms with E-state index in [4.69, 9.17) is 4.52 Å². The van der Waals surface area contributed by atoms with Gasteiger partial charge in [0, 0.05) is 17.0 Å². The van der Waals surface area contributed by atoms with Gasteiger partial charge in [-0.15, -0.1) is 11.8 Å². The topological polar surface area (TPSA) is 111 Å². The smallest absolute Gasteiger partial charge is 0.271 e. The molecular weight excluding hydrogens is 375 g/mol. The van der Waals surface area contributed by atoms with Crippen LogP contribution in [-0.2, 0) is 5.75 Å². The zero-order valence-corrected chi connectivity index (χ0v) is 14.8. The fraction of sp³-hybridized carbons (Fsp3) is 0.118. The molecule has 1 amide bonds. The quantitative estimate of drug-likeness (QED) is 0.386. The Hall–Kier alpha value is -3.27. The zero-order valence-electron chi connectivity index (χ0n) is 14.0. The first-order valence-corrected chi connectivity index (χ1v) is 8.69. The Morgan fingerprint density at radius 2 is 2.11 bits per heavy atom. The molecule has 8 nitrogen and oxygen atoms in total. The minimum absolute atomic E-state index is 0.262. The number of nitro benzene ring substituents is 1. The number of anilines is 1. The number of carbonyl (C=O) groups is 1. The van der Waals surface area contributed by atoms with Crippen molar-refractivity contribution in [3.63, 3.8) is 0 Å². The highest BCUT2D eigenvalue weighted by Gasteiger charge is 2.17. The summed E-state index contributed by atoms with van der Waals surface area (Å²) in [6.07, 6.45) is 0. The molecular formula is C17H13FN4O4S. The number of non-ortho nitro benzene ring substituents is 1. The molecule has 0 radical (unpaired) electrons. The number of amides is 1. The molecule has 0 fully saturated rings. The molecule has 3 aromatic rings. The summed E-state index contributed by atoms with van der Waals surface area (Å²) < 4.78 is 18.9. The van der Waals surface area contributed by atoms with E-state index >= 15 is 0 Å². The number of hydrogen-bond acceptors (Lipinski definition) is 7. The van der Waals surface area contributed by atoms with E-state index in [9.17, 15) is 19.3 Å². The van der Waals surface area contributed by atoms with Gasteiger partial charge in [0.15, 0.2) is 5.82 Å². The van der Waals surface area contributed by atoms with Crippen LogP contribution in [0.25, 0.3) is 0 Å². The molecule has 2 aromatic carbocycles. The molecule has 3 rings (SSSR count). The van der Waals surface area contributed by atoms with E-state index in [0.29, 0.717) is 27.9 Å². The summed E-state index contributed by atoms with van der Waals surface area (Å²) in [6, 6.07) is 9.67. The Kier molecular flexibility index (Phi) is 5.46. The van der Waals surface area contributed by atoms with E-state index < -0.39 is 16.6 Å². The van der Waals surface area contributed by atoms with Crippen molar-refractivity contribution in [3.05, 3.63) is 75.7 Å². The van der Waals surface area contributed by atoms with E-state index in [2.05, 4.69) is 15.5 Å². The van der Waals surface area contributed by atoms with Crippen molar-refractivity contribution in [2.75, 3.05) is 5.32 Å². The van der Waals surface area contributed by atoms with Crippen molar-refractivity contribution < 1.29 is 18.6 Å². The van der Waals surface area contributed by atoms with Crippen LogP contribution in [0.5, 0.6) is 0 Å². The summed E-state index contributed by atoms with van der Waals surface area (Å²) in [6.45, 7) is 1.70. The van der Waals surface area contributed by atoms with E-state index in [1.54, 1.807) is 31.2 Å². The van der Waals surface area contributed by atoms with Gasteiger partial charge in [-0.3, -0.25) is 14.9 Å². The maximum atomic E-state index is 13.9. The highest BCUT2D eigenvalue weighted by atomic mass is 32.2. The fourth-order valence-corrected chi connectivity index (χ4v) is 3.12. The maximum Gasteiger partial charge on any atom is 0.271 e. The van der Waals surface area contributed by atoms with Crippen LogP contribution in [0.2, 0.25) is 0 Å². The third-order valence-electron chi connectivity index (χ3n) is 3.46. The SMILES string of the molecule is Cc1noc(CSc2ccccc2C(=O)Nc2cc([N+](=O)[O-])ccc2F)n1. The minimum Gasteiger partial charge on any atom is -0.338 e. The molecule has 1 N–H and O–H groups in total. The largest absolute Gasteiger partial charge is 0.338 e. The van der Waals surface area contributed by atoms with Crippen LogP contribution in [0.1, 0.15) is 22.1 Å². The minimum atomic E-state index is -0.764. The van der Waals surface area contributed by atoms with Gasteiger partial charge in [-0.25, -0.2) is 4.39 Å². The molecule has 0 aliphatic heterocycles. The summed E-state index contributed by atoms with van der Waals surface area (Å²) in [5.74, 6) is -0.0640.